The fourth-order valence-corrected chi connectivity index (χ4v) is 4.16. The summed E-state index contributed by atoms with van der Waals surface area (Å²) in [6, 6.07) is 5.57. The van der Waals surface area contributed by atoms with Gasteiger partial charge in [-0.1, -0.05) is 6.07 Å². The fraction of sp³-hybridized carbons (Fsp3) is 0.389. The van der Waals surface area contributed by atoms with Crippen molar-refractivity contribution in [1.82, 2.24) is 9.88 Å². The molecule has 5 nitrogen and oxygen atoms in total. The number of aryl methyl sites for hydroxylation is 2. The van der Waals surface area contributed by atoms with Crippen molar-refractivity contribution in [2.75, 3.05) is 11.9 Å². The number of likely N-dealkylation sites (tertiary alicyclic amines) is 1. The summed E-state index contributed by atoms with van der Waals surface area (Å²) in [7, 11) is 0. The van der Waals surface area contributed by atoms with Gasteiger partial charge in [0.05, 0.1) is 0 Å². The predicted octanol–water partition coefficient (Wildman–Crippen LogP) is 2.88. The Bertz CT molecular complexity index is 773. The van der Waals surface area contributed by atoms with Gasteiger partial charge in [-0.05, 0) is 55.4 Å². The van der Waals surface area contributed by atoms with Gasteiger partial charge in [-0.15, -0.1) is 11.3 Å². The molecule has 0 saturated carbocycles. The number of amides is 2. The Balaban J connectivity index is 1.51. The highest BCUT2D eigenvalue weighted by atomic mass is 32.1. The summed E-state index contributed by atoms with van der Waals surface area (Å²) in [4.78, 5) is 31.2. The number of aromatic nitrogens is 1. The predicted molar refractivity (Wildman–Crippen MR) is 93.3 cm³/mol. The first-order valence-corrected chi connectivity index (χ1v) is 9.23. The fourth-order valence-electron chi connectivity index (χ4n) is 3.63. The van der Waals surface area contributed by atoms with Gasteiger partial charge in [0.1, 0.15) is 6.04 Å². The number of carbonyl (C=O) groups is 2. The minimum absolute atomic E-state index is 0.0403. The lowest BCUT2D eigenvalue weighted by Crippen LogP contribution is -2.43. The van der Waals surface area contributed by atoms with E-state index in [0.29, 0.717) is 23.7 Å². The Morgan fingerprint density at radius 1 is 1.21 bits per heavy atom. The molecule has 24 heavy (non-hydrogen) atoms. The number of fused-ring (bicyclic) bond motifs is 1. The lowest BCUT2D eigenvalue weighted by Gasteiger charge is -2.24. The van der Waals surface area contributed by atoms with Crippen molar-refractivity contribution in [3.8, 4) is 0 Å². The van der Waals surface area contributed by atoms with Gasteiger partial charge in [0.25, 0.3) is 5.91 Å². The van der Waals surface area contributed by atoms with E-state index in [9.17, 15) is 9.59 Å². The van der Waals surface area contributed by atoms with Crippen molar-refractivity contribution >= 4 is 28.3 Å². The zero-order valence-corrected chi connectivity index (χ0v) is 14.1. The Morgan fingerprint density at radius 3 is 2.92 bits per heavy atom. The third kappa shape index (κ3) is 2.82. The highest BCUT2D eigenvalue weighted by Gasteiger charge is 2.35. The first-order chi connectivity index (χ1) is 11.7. The molecule has 0 unspecified atom stereocenters. The van der Waals surface area contributed by atoms with Crippen molar-refractivity contribution in [1.29, 1.82) is 0 Å². The van der Waals surface area contributed by atoms with Crippen LogP contribution in [0, 0.1) is 0 Å². The molecule has 1 saturated heterocycles. The van der Waals surface area contributed by atoms with Crippen molar-refractivity contribution in [3.63, 3.8) is 0 Å². The topological polar surface area (TPSA) is 62.3 Å². The van der Waals surface area contributed by atoms with E-state index in [4.69, 9.17) is 0 Å². The van der Waals surface area contributed by atoms with Gasteiger partial charge < -0.3 is 10.2 Å². The molecule has 1 aromatic heterocycles. The lowest BCUT2D eigenvalue weighted by molar-refractivity contribution is -0.119. The Hall–Kier alpha value is -2.21. The number of nitrogens with one attached hydrogen (secondary N) is 1. The van der Waals surface area contributed by atoms with E-state index in [1.54, 1.807) is 11.1 Å². The first-order valence-electron chi connectivity index (χ1n) is 8.35. The Labute approximate surface area is 144 Å². The molecule has 2 heterocycles. The monoisotopic (exact) mass is 341 g/mol. The number of nitrogens with zero attached hydrogens (tertiary/aromatic N) is 2. The summed E-state index contributed by atoms with van der Waals surface area (Å²) in [5.74, 6) is -0.182. The van der Waals surface area contributed by atoms with E-state index in [2.05, 4.69) is 16.4 Å². The van der Waals surface area contributed by atoms with Crippen LogP contribution in [0.3, 0.4) is 0 Å². The number of rotatable bonds is 3. The number of thiazole rings is 1. The maximum Gasteiger partial charge on any atom is 0.254 e. The number of hydrogen-bond acceptors (Lipinski definition) is 4. The Kier molecular flexibility index (Phi) is 4.06. The van der Waals surface area contributed by atoms with Gasteiger partial charge in [-0.3, -0.25) is 9.59 Å². The molecule has 1 atom stereocenters. The van der Waals surface area contributed by atoms with Gasteiger partial charge in [0.15, 0.2) is 5.13 Å². The molecule has 124 valence electrons. The van der Waals surface area contributed by atoms with Crippen LogP contribution in [0.4, 0.5) is 5.13 Å². The van der Waals surface area contributed by atoms with Crippen LogP contribution in [0.25, 0.3) is 0 Å². The number of anilines is 1. The van der Waals surface area contributed by atoms with Gasteiger partial charge in [-0.2, -0.15) is 0 Å². The van der Waals surface area contributed by atoms with Crippen LogP contribution in [0.5, 0.6) is 0 Å². The Morgan fingerprint density at radius 2 is 2.08 bits per heavy atom. The van der Waals surface area contributed by atoms with Gasteiger partial charge in [0.2, 0.25) is 5.91 Å². The SMILES string of the molecule is O=C(Nc1nccs1)[C@@H]1CCCN1C(=O)c1ccc2c(c1)CCC2. The maximum atomic E-state index is 12.9. The average molecular weight is 341 g/mol. The summed E-state index contributed by atoms with van der Waals surface area (Å²) in [6.45, 7) is 0.631. The van der Waals surface area contributed by atoms with Crippen LogP contribution >= 0.6 is 11.3 Å². The molecule has 0 spiro atoms. The molecule has 1 aliphatic heterocycles. The molecular formula is C18H19N3O2S. The summed E-state index contributed by atoms with van der Waals surface area (Å²) in [5, 5.41) is 5.21. The van der Waals surface area contributed by atoms with Gasteiger partial charge in [-0.25, -0.2) is 4.98 Å². The van der Waals surface area contributed by atoms with Crippen molar-refractivity contribution in [3.05, 3.63) is 46.5 Å². The third-order valence-corrected chi connectivity index (χ3v) is 5.51. The second-order valence-electron chi connectivity index (χ2n) is 6.32. The third-order valence-electron chi connectivity index (χ3n) is 4.82. The summed E-state index contributed by atoms with van der Waals surface area (Å²) < 4.78 is 0. The van der Waals surface area contributed by atoms with Crippen molar-refractivity contribution in [2.24, 2.45) is 0 Å². The molecule has 0 radical (unpaired) electrons. The van der Waals surface area contributed by atoms with Gasteiger partial charge in [0, 0.05) is 23.7 Å². The van der Waals surface area contributed by atoms with Crippen LogP contribution in [0.2, 0.25) is 0 Å². The number of hydrogen-bond donors (Lipinski definition) is 1. The highest BCUT2D eigenvalue weighted by Crippen LogP contribution is 2.26. The first kappa shape index (κ1) is 15.3. The van der Waals surface area contributed by atoms with E-state index in [1.807, 2.05) is 17.5 Å². The molecule has 2 aromatic rings. The standard InChI is InChI=1S/C18H19N3O2S/c22-16(20-18-19-8-10-24-18)15-5-2-9-21(15)17(23)14-7-6-12-3-1-4-13(12)11-14/h6-8,10-11,15H,1-5,9H2,(H,19,20,22)/t15-/m0/s1. The van der Waals surface area contributed by atoms with E-state index in [1.165, 1.54) is 22.5 Å². The zero-order chi connectivity index (χ0) is 16.5. The van der Waals surface area contributed by atoms with Crippen LogP contribution in [0.1, 0.15) is 40.7 Å². The smallest absolute Gasteiger partial charge is 0.254 e. The van der Waals surface area contributed by atoms with Gasteiger partial charge >= 0.3 is 0 Å². The highest BCUT2D eigenvalue weighted by molar-refractivity contribution is 7.13. The van der Waals surface area contributed by atoms with Crippen molar-refractivity contribution < 1.29 is 9.59 Å². The molecule has 4 rings (SSSR count). The minimum atomic E-state index is -0.408. The molecule has 1 aromatic carbocycles. The maximum absolute atomic E-state index is 12.9. The second kappa shape index (κ2) is 6.36. The molecule has 1 N–H and O–H groups in total. The number of benzene rings is 1. The number of carbonyl (C=O) groups excluding carboxylic acids is 2. The summed E-state index contributed by atoms with van der Waals surface area (Å²) in [6.07, 6.45) is 6.52. The van der Waals surface area contributed by atoms with E-state index in [0.717, 1.165) is 25.7 Å². The average Bonchev–Trinajstić information content (AvgIpc) is 3.33. The van der Waals surface area contributed by atoms with E-state index in [-0.39, 0.29) is 11.8 Å². The second-order valence-corrected chi connectivity index (χ2v) is 7.21. The van der Waals surface area contributed by atoms with E-state index < -0.39 is 6.04 Å². The van der Waals surface area contributed by atoms with E-state index >= 15 is 0 Å². The molecule has 2 aliphatic rings. The molecule has 2 amide bonds. The molecule has 1 aliphatic carbocycles. The largest absolute Gasteiger partial charge is 0.327 e. The lowest BCUT2D eigenvalue weighted by atomic mass is 10.1. The molecule has 6 heteroatoms. The van der Waals surface area contributed by atoms with Crippen LogP contribution in [-0.2, 0) is 17.6 Å². The summed E-state index contributed by atoms with van der Waals surface area (Å²) >= 11 is 1.38. The van der Waals surface area contributed by atoms with Crippen molar-refractivity contribution in [2.45, 2.75) is 38.1 Å². The molecule has 1 fully saturated rings. The molecule has 0 bridgehead atoms. The van der Waals surface area contributed by atoms with Crippen LogP contribution < -0.4 is 5.32 Å². The minimum Gasteiger partial charge on any atom is -0.327 e. The zero-order valence-electron chi connectivity index (χ0n) is 13.3. The quantitative estimate of drug-likeness (QED) is 0.934. The normalized spacial score (nSPS) is 19.3. The van der Waals surface area contributed by atoms with Crippen LogP contribution in [-0.4, -0.2) is 34.3 Å². The summed E-state index contributed by atoms with van der Waals surface area (Å²) in [5.41, 5.74) is 3.33. The van der Waals surface area contributed by atoms with Crippen LogP contribution in [0.15, 0.2) is 29.8 Å². The molecular weight excluding hydrogens is 322 g/mol.